The van der Waals surface area contributed by atoms with Crippen LogP contribution in [0.1, 0.15) is 11.5 Å². The van der Waals surface area contributed by atoms with Gasteiger partial charge in [-0.1, -0.05) is 18.2 Å². The summed E-state index contributed by atoms with van der Waals surface area (Å²) >= 11 is 3.33. The Balaban J connectivity index is 1.82. The van der Waals surface area contributed by atoms with Crippen molar-refractivity contribution in [2.45, 2.75) is 13.5 Å². The van der Waals surface area contributed by atoms with E-state index in [2.05, 4.69) is 47.9 Å². The van der Waals surface area contributed by atoms with Crippen molar-refractivity contribution in [3.05, 3.63) is 71.0 Å². The third-order valence-corrected chi connectivity index (χ3v) is 3.70. The Labute approximate surface area is 132 Å². The molecule has 1 aromatic carbocycles. The van der Waals surface area contributed by atoms with Gasteiger partial charge in [-0.25, -0.2) is 9.97 Å². The molecule has 1 N–H and O–H groups in total. The maximum atomic E-state index is 4.42. The maximum absolute atomic E-state index is 4.42. The van der Waals surface area contributed by atoms with Crippen molar-refractivity contribution in [2.75, 3.05) is 5.32 Å². The minimum Gasteiger partial charge on any atom is -0.378 e. The summed E-state index contributed by atoms with van der Waals surface area (Å²) in [5, 5.41) is 3.37. The fourth-order valence-corrected chi connectivity index (χ4v) is 2.45. The lowest BCUT2D eigenvalue weighted by molar-refractivity contribution is 0.899. The molecule has 0 atom stereocenters. The summed E-state index contributed by atoms with van der Waals surface area (Å²) in [6.45, 7) is 2.71. The number of aryl methyl sites for hydroxylation is 1. The Morgan fingerprint density at radius 3 is 2.57 bits per heavy atom. The minimum absolute atomic E-state index is 0.693. The number of para-hydroxylation sites is 1. The van der Waals surface area contributed by atoms with Gasteiger partial charge in [0.25, 0.3) is 0 Å². The number of nitrogens with zero attached hydrogens (tertiary/aromatic N) is 3. The normalized spacial score (nSPS) is 10.6. The van der Waals surface area contributed by atoms with E-state index in [4.69, 9.17) is 0 Å². The monoisotopic (exact) mass is 342 g/mol. The molecule has 0 amide bonds. The van der Waals surface area contributed by atoms with Crippen LogP contribution in [0.5, 0.6) is 0 Å². The second-order valence-corrected chi connectivity index (χ2v) is 5.50. The van der Waals surface area contributed by atoms with E-state index in [9.17, 15) is 0 Å². The lowest BCUT2D eigenvalue weighted by Crippen LogP contribution is -2.07. The second-order valence-electron chi connectivity index (χ2n) is 4.69. The van der Waals surface area contributed by atoms with Gasteiger partial charge in [0.05, 0.1) is 30.3 Å². The van der Waals surface area contributed by atoms with Gasteiger partial charge in [0.15, 0.2) is 0 Å². The number of anilines is 1. The van der Waals surface area contributed by atoms with Gasteiger partial charge < -0.3 is 5.32 Å². The molecule has 2 aromatic heterocycles. The largest absolute Gasteiger partial charge is 0.378 e. The number of benzene rings is 1. The van der Waals surface area contributed by atoms with Crippen molar-refractivity contribution in [2.24, 2.45) is 0 Å². The number of rotatable bonds is 4. The van der Waals surface area contributed by atoms with Crippen LogP contribution in [0.15, 0.2) is 59.5 Å². The lowest BCUT2D eigenvalue weighted by Gasteiger charge is -2.11. The van der Waals surface area contributed by atoms with Gasteiger partial charge in [-0.3, -0.25) is 4.57 Å². The van der Waals surface area contributed by atoms with E-state index in [1.54, 1.807) is 6.20 Å². The maximum Gasteiger partial charge on any atom is 0.110 e. The van der Waals surface area contributed by atoms with Crippen molar-refractivity contribution in [3.8, 4) is 5.69 Å². The molecule has 0 aliphatic heterocycles. The smallest absolute Gasteiger partial charge is 0.110 e. The van der Waals surface area contributed by atoms with Crippen molar-refractivity contribution in [1.82, 2.24) is 14.5 Å². The predicted octanol–water partition coefficient (Wildman–Crippen LogP) is 3.95. The van der Waals surface area contributed by atoms with Crippen LogP contribution in [0.25, 0.3) is 5.69 Å². The summed E-state index contributed by atoms with van der Waals surface area (Å²) in [6.07, 6.45) is 3.71. The SMILES string of the molecule is Cc1ncc(CNc2ccc(Br)nc2)n1-c1ccccc1. The predicted molar refractivity (Wildman–Crippen MR) is 87.6 cm³/mol. The van der Waals surface area contributed by atoms with Crippen LogP contribution in [0, 0.1) is 6.92 Å². The Morgan fingerprint density at radius 1 is 1.05 bits per heavy atom. The first-order valence-electron chi connectivity index (χ1n) is 6.68. The summed E-state index contributed by atoms with van der Waals surface area (Å²) in [5.41, 5.74) is 3.22. The molecule has 3 aromatic rings. The summed E-state index contributed by atoms with van der Waals surface area (Å²) in [6, 6.07) is 14.2. The molecule has 0 fully saturated rings. The third kappa shape index (κ3) is 3.13. The van der Waals surface area contributed by atoms with Crippen LogP contribution in [0.3, 0.4) is 0 Å². The molecule has 0 spiro atoms. The van der Waals surface area contributed by atoms with E-state index in [-0.39, 0.29) is 0 Å². The van der Waals surface area contributed by atoms with Gasteiger partial charge in [0.1, 0.15) is 10.4 Å². The van der Waals surface area contributed by atoms with Crippen molar-refractivity contribution in [1.29, 1.82) is 0 Å². The van der Waals surface area contributed by atoms with Gasteiger partial charge in [-0.15, -0.1) is 0 Å². The number of hydrogen-bond donors (Lipinski definition) is 1. The van der Waals surface area contributed by atoms with Gasteiger partial charge in [-0.2, -0.15) is 0 Å². The van der Waals surface area contributed by atoms with Crippen LogP contribution in [0.2, 0.25) is 0 Å². The molecule has 0 bridgehead atoms. The number of pyridine rings is 1. The molecule has 0 saturated carbocycles. The van der Waals surface area contributed by atoms with Crippen LogP contribution in [-0.2, 0) is 6.54 Å². The highest BCUT2D eigenvalue weighted by Crippen LogP contribution is 2.16. The molecule has 5 heteroatoms. The van der Waals surface area contributed by atoms with E-state index in [0.717, 1.165) is 27.5 Å². The molecular weight excluding hydrogens is 328 g/mol. The van der Waals surface area contributed by atoms with Crippen LogP contribution < -0.4 is 5.32 Å². The molecule has 106 valence electrons. The van der Waals surface area contributed by atoms with E-state index < -0.39 is 0 Å². The first kappa shape index (κ1) is 13.8. The number of halogens is 1. The van der Waals surface area contributed by atoms with Crippen LogP contribution in [0.4, 0.5) is 5.69 Å². The van der Waals surface area contributed by atoms with Gasteiger partial charge in [0, 0.05) is 5.69 Å². The molecule has 0 aliphatic rings. The average Bonchev–Trinajstić information content (AvgIpc) is 2.88. The highest BCUT2D eigenvalue weighted by Gasteiger charge is 2.08. The zero-order chi connectivity index (χ0) is 14.7. The van der Waals surface area contributed by atoms with Gasteiger partial charge in [-0.05, 0) is 47.1 Å². The Kier molecular flexibility index (Phi) is 4.01. The average molecular weight is 343 g/mol. The first-order chi connectivity index (χ1) is 10.2. The standard InChI is InChI=1S/C16H15BrN4/c1-12-18-10-15(21(12)14-5-3-2-4-6-14)11-19-13-7-8-16(17)20-9-13/h2-10,19H,11H2,1H3. The minimum atomic E-state index is 0.693. The number of nitrogens with one attached hydrogen (secondary N) is 1. The van der Waals surface area contributed by atoms with Crippen molar-refractivity contribution >= 4 is 21.6 Å². The number of imidazole rings is 1. The Hall–Kier alpha value is -2.14. The fraction of sp³-hybridized carbons (Fsp3) is 0.125. The quantitative estimate of drug-likeness (QED) is 0.730. The highest BCUT2D eigenvalue weighted by molar-refractivity contribution is 9.10. The summed E-state index contributed by atoms with van der Waals surface area (Å²) < 4.78 is 2.98. The molecule has 0 aliphatic carbocycles. The second kappa shape index (κ2) is 6.10. The summed E-state index contributed by atoms with van der Waals surface area (Å²) in [5.74, 6) is 0.979. The highest BCUT2D eigenvalue weighted by atomic mass is 79.9. The molecule has 3 rings (SSSR count). The van der Waals surface area contributed by atoms with E-state index in [1.807, 2.05) is 43.5 Å². The molecule has 0 radical (unpaired) electrons. The summed E-state index contributed by atoms with van der Waals surface area (Å²) in [4.78, 5) is 8.63. The van der Waals surface area contributed by atoms with Crippen LogP contribution in [-0.4, -0.2) is 14.5 Å². The summed E-state index contributed by atoms with van der Waals surface area (Å²) in [7, 11) is 0. The van der Waals surface area contributed by atoms with E-state index >= 15 is 0 Å². The zero-order valence-corrected chi connectivity index (χ0v) is 13.2. The van der Waals surface area contributed by atoms with Crippen molar-refractivity contribution < 1.29 is 0 Å². The topological polar surface area (TPSA) is 42.7 Å². The lowest BCUT2D eigenvalue weighted by atomic mass is 10.3. The zero-order valence-electron chi connectivity index (χ0n) is 11.6. The van der Waals surface area contributed by atoms with Gasteiger partial charge >= 0.3 is 0 Å². The molecular formula is C16H15BrN4. The molecule has 2 heterocycles. The third-order valence-electron chi connectivity index (χ3n) is 3.23. The molecule has 21 heavy (non-hydrogen) atoms. The molecule has 0 unspecified atom stereocenters. The van der Waals surface area contributed by atoms with Gasteiger partial charge in [0.2, 0.25) is 0 Å². The Bertz CT molecular complexity index is 720. The fourth-order valence-electron chi connectivity index (χ4n) is 2.22. The first-order valence-corrected chi connectivity index (χ1v) is 7.47. The number of hydrogen-bond acceptors (Lipinski definition) is 3. The van der Waals surface area contributed by atoms with E-state index in [1.165, 1.54) is 0 Å². The Morgan fingerprint density at radius 2 is 1.86 bits per heavy atom. The van der Waals surface area contributed by atoms with Crippen molar-refractivity contribution in [3.63, 3.8) is 0 Å². The molecule has 0 saturated heterocycles. The van der Waals surface area contributed by atoms with E-state index in [0.29, 0.717) is 6.54 Å². The van der Waals surface area contributed by atoms with Crippen LogP contribution >= 0.6 is 15.9 Å². The molecule has 4 nitrogen and oxygen atoms in total. The number of aromatic nitrogens is 3.